The molecule has 2 aromatic rings. The number of nitrogens with zero attached hydrogens (tertiary/aromatic N) is 1. The second kappa shape index (κ2) is 6.22. The lowest BCUT2D eigenvalue weighted by Gasteiger charge is -2.10. The van der Waals surface area contributed by atoms with Crippen molar-refractivity contribution in [2.75, 3.05) is 11.9 Å². The van der Waals surface area contributed by atoms with Crippen molar-refractivity contribution < 1.29 is 18.3 Å². The number of benzene rings is 1. The molecule has 0 saturated heterocycles. The molecule has 0 aliphatic carbocycles. The van der Waals surface area contributed by atoms with Crippen LogP contribution in [0.3, 0.4) is 0 Å². The molecule has 0 aliphatic rings. The zero-order valence-corrected chi connectivity index (χ0v) is 11.5. The van der Waals surface area contributed by atoms with Crippen LogP contribution in [0.5, 0.6) is 5.75 Å². The van der Waals surface area contributed by atoms with Gasteiger partial charge >= 0.3 is 6.18 Å². The number of anilines is 1. The molecule has 0 radical (unpaired) electrons. The fourth-order valence-electron chi connectivity index (χ4n) is 1.71. The van der Waals surface area contributed by atoms with E-state index in [9.17, 15) is 13.2 Å². The van der Waals surface area contributed by atoms with Gasteiger partial charge in [0.05, 0.1) is 10.6 Å². The molecule has 21 heavy (non-hydrogen) atoms. The van der Waals surface area contributed by atoms with Crippen LogP contribution in [0.1, 0.15) is 11.1 Å². The van der Waals surface area contributed by atoms with Crippen LogP contribution in [0.4, 0.5) is 19.0 Å². The van der Waals surface area contributed by atoms with Crippen LogP contribution in [-0.4, -0.2) is 16.6 Å². The average Bonchev–Trinajstić information content (AvgIpc) is 2.41. The second-order valence-electron chi connectivity index (χ2n) is 4.40. The van der Waals surface area contributed by atoms with Gasteiger partial charge in [-0.25, -0.2) is 4.98 Å². The zero-order valence-electron chi connectivity index (χ0n) is 10.8. The van der Waals surface area contributed by atoms with Crippen LogP contribution in [0.25, 0.3) is 0 Å². The summed E-state index contributed by atoms with van der Waals surface area (Å²) in [7, 11) is 0. The van der Waals surface area contributed by atoms with Crippen LogP contribution >= 0.6 is 11.6 Å². The fraction of sp³-hybridized carbons (Fsp3) is 0.214. The van der Waals surface area contributed by atoms with Gasteiger partial charge in [-0.05, 0) is 30.2 Å². The van der Waals surface area contributed by atoms with Gasteiger partial charge in [-0.1, -0.05) is 23.7 Å². The molecule has 0 unspecified atom stereocenters. The average molecular weight is 317 g/mol. The Hall–Kier alpha value is -1.95. The lowest BCUT2D eigenvalue weighted by atomic mass is 10.1. The number of pyridine rings is 1. The highest BCUT2D eigenvalue weighted by molar-refractivity contribution is 6.32. The number of rotatable bonds is 4. The Labute approximate surface area is 124 Å². The maximum Gasteiger partial charge on any atom is 0.417 e. The normalized spacial score (nSPS) is 11.4. The van der Waals surface area contributed by atoms with E-state index < -0.39 is 11.7 Å². The summed E-state index contributed by atoms with van der Waals surface area (Å²) < 4.78 is 37.4. The highest BCUT2D eigenvalue weighted by Crippen LogP contribution is 2.32. The first-order valence-electron chi connectivity index (χ1n) is 6.11. The molecule has 1 aromatic heterocycles. The number of alkyl halides is 3. The van der Waals surface area contributed by atoms with Crippen molar-refractivity contribution >= 4 is 17.4 Å². The van der Waals surface area contributed by atoms with E-state index in [2.05, 4.69) is 10.3 Å². The molecule has 3 nitrogen and oxygen atoms in total. The molecule has 1 aromatic carbocycles. The predicted octanol–water partition coefficient (Wildman–Crippen LogP) is 4.11. The van der Waals surface area contributed by atoms with Gasteiger partial charge in [0.1, 0.15) is 11.6 Å². The van der Waals surface area contributed by atoms with Crippen molar-refractivity contribution in [1.82, 2.24) is 4.98 Å². The highest BCUT2D eigenvalue weighted by atomic mass is 35.5. The molecule has 0 spiro atoms. The van der Waals surface area contributed by atoms with Gasteiger partial charge in [0, 0.05) is 12.7 Å². The summed E-state index contributed by atoms with van der Waals surface area (Å²) in [6.45, 7) is 0.461. The first kappa shape index (κ1) is 15.4. The second-order valence-corrected chi connectivity index (χ2v) is 4.80. The first-order chi connectivity index (χ1) is 9.86. The maximum atomic E-state index is 12.5. The Morgan fingerprint density at radius 3 is 2.43 bits per heavy atom. The number of nitrogens with one attached hydrogen (secondary N) is 1. The fourth-order valence-corrected chi connectivity index (χ4v) is 1.94. The molecule has 2 N–H and O–H groups in total. The third-order valence-corrected chi connectivity index (χ3v) is 3.10. The van der Waals surface area contributed by atoms with E-state index in [0.717, 1.165) is 17.8 Å². The summed E-state index contributed by atoms with van der Waals surface area (Å²) in [5.74, 6) is 0.391. The van der Waals surface area contributed by atoms with Gasteiger partial charge in [0.25, 0.3) is 0 Å². The number of hydrogen-bond acceptors (Lipinski definition) is 3. The third-order valence-electron chi connectivity index (χ3n) is 2.81. The van der Waals surface area contributed by atoms with Crippen molar-refractivity contribution in [3.05, 3.63) is 52.7 Å². The van der Waals surface area contributed by atoms with Crippen molar-refractivity contribution in [3.63, 3.8) is 0 Å². The maximum absolute atomic E-state index is 12.5. The van der Waals surface area contributed by atoms with Crippen LogP contribution in [-0.2, 0) is 12.6 Å². The molecule has 7 heteroatoms. The third kappa shape index (κ3) is 4.26. The number of phenols is 1. The minimum Gasteiger partial charge on any atom is -0.508 e. The Kier molecular flexibility index (Phi) is 4.57. The van der Waals surface area contributed by atoms with Crippen molar-refractivity contribution in [3.8, 4) is 5.75 Å². The van der Waals surface area contributed by atoms with Crippen LogP contribution in [0.15, 0.2) is 36.5 Å². The smallest absolute Gasteiger partial charge is 0.417 e. The van der Waals surface area contributed by atoms with Gasteiger partial charge in [-0.3, -0.25) is 0 Å². The molecule has 2 rings (SSSR count). The number of phenolic OH excluding ortho intramolecular Hbond substituents is 1. The summed E-state index contributed by atoms with van der Waals surface area (Å²) in [6.07, 6.45) is -3.09. The topological polar surface area (TPSA) is 45.1 Å². The quantitative estimate of drug-likeness (QED) is 0.892. The van der Waals surface area contributed by atoms with Gasteiger partial charge in [-0.15, -0.1) is 0 Å². The molecular weight excluding hydrogens is 305 g/mol. The summed E-state index contributed by atoms with van der Waals surface area (Å²) >= 11 is 5.78. The van der Waals surface area contributed by atoms with Crippen molar-refractivity contribution in [2.24, 2.45) is 0 Å². The minimum atomic E-state index is -4.46. The van der Waals surface area contributed by atoms with Crippen molar-refractivity contribution in [2.45, 2.75) is 12.6 Å². The van der Waals surface area contributed by atoms with Crippen LogP contribution in [0, 0.1) is 0 Å². The highest BCUT2D eigenvalue weighted by Gasteiger charge is 2.31. The van der Waals surface area contributed by atoms with Crippen LogP contribution in [0.2, 0.25) is 5.02 Å². The van der Waals surface area contributed by atoms with E-state index in [1.807, 2.05) is 0 Å². The molecule has 0 aliphatic heterocycles. The lowest BCUT2D eigenvalue weighted by molar-refractivity contribution is -0.137. The molecule has 0 bridgehead atoms. The monoisotopic (exact) mass is 316 g/mol. The lowest BCUT2D eigenvalue weighted by Crippen LogP contribution is -2.09. The molecule has 0 amide bonds. The van der Waals surface area contributed by atoms with Crippen molar-refractivity contribution in [1.29, 1.82) is 0 Å². The van der Waals surface area contributed by atoms with Gasteiger partial charge < -0.3 is 10.4 Å². The zero-order chi connectivity index (χ0) is 15.5. The van der Waals surface area contributed by atoms with Gasteiger partial charge in [0.15, 0.2) is 0 Å². The minimum absolute atomic E-state index is 0.0736. The number of hydrogen-bond donors (Lipinski definition) is 2. The molecule has 0 fully saturated rings. The first-order valence-corrected chi connectivity index (χ1v) is 6.48. The largest absolute Gasteiger partial charge is 0.508 e. The molecule has 0 saturated carbocycles. The van der Waals surface area contributed by atoms with Gasteiger partial charge in [0.2, 0.25) is 0 Å². The Morgan fingerprint density at radius 2 is 1.86 bits per heavy atom. The van der Waals surface area contributed by atoms with E-state index in [4.69, 9.17) is 16.7 Å². The van der Waals surface area contributed by atoms with Gasteiger partial charge in [-0.2, -0.15) is 13.2 Å². The Morgan fingerprint density at radius 1 is 1.19 bits per heavy atom. The number of aromatic nitrogens is 1. The molecule has 0 atom stereocenters. The number of aromatic hydroxyl groups is 1. The van der Waals surface area contributed by atoms with E-state index in [1.165, 1.54) is 0 Å². The van der Waals surface area contributed by atoms with E-state index >= 15 is 0 Å². The standard InChI is InChI=1S/C14H12ClF3N2O/c15-12-7-10(14(16,17)18)8-20-13(12)19-6-5-9-1-3-11(21)4-2-9/h1-4,7-8,21H,5-6H2,(H,19,20). The van der Waals surface area contributed by atoms with Crippen LogP contribution < -0.4 is 5.32 Å². The van der Waals surface area contributed by atoms with E-state index in [-0.39, 0.29) is 16.6 Å². The molecule has 1 heterocycles. The Balaban J connectivity index is 1.96. The van der Waals surface area contributed by atoms with E-state index in [0.29, 0.717) is 13.0 Å². The predicted molar refractivity (Wildman–Crippen MR) is 74.5 cm³/mol. The molecule has 112 valence electrons. The SMILES string of the molecule is Oc1ccc(CCNc2ncc(C(F)(F)F)cc2Cl)cc1. The summed E-state index contributed by atoms with van der Waals surface area (Å²) in [5.41, 5.74) is 0.0971. The summed E-state index contributed by atoms with van der Waals surface area (Å²) in [4.78, 5) is 3.69. The number of halogens is 4. The Bertz CT molecular complexity index is 615. The van der Waals surface area contributed by atoms with E-state index in [1.54, 1.807) is 24.3 Å². The summed E-state index contributed by atoms with van der Waals surface area (Å²) in [6, 6.07) is 7.51. The molecular formula is C14H12ClF3N2O. The summed E-state index contributed by atoms with van der Waals surface area (Å²) in [5, 5.41) is 12.0.